The number of carbonyl (C=O) groups excluding carboxylic acids is 1. The first-order valence-corrected chi connectivity index (χ1v) is 11.0. The fourth-order valence-corrected chi connectivity index (χ4v) is 4.47. The van der Waals surface area contributed by atoms with Crippen LogP contribution in [0.4, 0.5) is 10.1 Å². The van der Waals surface area contributed by atoms with Gasteiger partial charge in [0, 0.05) is 22.3 Å². The first-order chi connectivity index (χ1) is 14.2. The van der Waals surface area contributed by atoms with Crippen LogP contribution in [0.15, 0.2) is 77.7 Å². The number of benzene rings is 3. The fourth-order valence-electron chi connectivity index (χ4n) is 2.75. The molecule has 3 aromatic carbocycles. The van der Waals surface area contributed by atoms with Crippen LogP contribution in [0.1, 0.15) is 5.56 Å². The molecule has 30 heavy (non-hydrogen) atoms. The van der Waals surface area contributed by atoms with E-state index in [4.69, 9.17) is 23.2 Å². The maximum atomic E-state index is 13.4. The lowest BCUT2D eigenvalue weighted by Crippen LogP contribution is -2.37. The lowest BCUT2D eigenvalue weighted by molar-refractivity contribution is -0.116. The minimum absolute atomic E-state index is 0.00696. The van der Waals surface area contributed by atoms with Gasteiger partial charge in [-0.05, 0) is 60.2 Å². The number of nitrogens with zero attached hydrogens (tertiary/aromatic N) is 1. The number of amides is 1. The van der Waals surface area contributed by atoms with E-state index in [2.05, 4.69) is 5.32 Å². The van der Waals surface area contributed by atoms with Crippen molar-refractivity contribution in [3.05, 3.63) is 94.2 Å². The van der Waals surface area contributed by atoms with E-state index in [-0.39, 0.29) is 17.1 Å². The Balaban J connectivity index is 1.88. The third-order valence-electron chi connectivity index (χ3n) is 4.13. The summed E-state index contributed by atoms with van der Waals surface area (Å²) in [5.74, 6) is -1.13. The second-order valence-electron chi connectivity index (χ2n) is 6.42. The van der Waals surface area contributed by atoms with E-state index in [0.717, 1.165) is 10.4 Å². The summed E-state index contributed by atoms with van der Waals surface area (Å²) in [7, 11) is -4.03. The maximum Gasteiger partial charge on any atom is 0.243 e. The summed E-state index contributed by atoms with van der Waals surface area (Å²) in [6.45, 7) is -0.559. The molecule has 0 atom stereocenters. The molecule has 0 unspecified atom stereocenters. The van der Waals surface area contributed by atoms with Crippen LogP contribution in [0.2, 0.25) is 10.0 Å². The van der Waals surface area contributed by atoms with E-state index in [9.17, 15) is 17.6 Å². The minimum Gasteiger partial charge on any atom is -0.325 e. The number of anilines is 1. The average molecular weight is 467 g/mol. The molecule has 0 saturated heterocycles. The average Bonchev–Trinajstić information content (AvgIpc) is 2.68. The van der Waals surface area contributed by atoms with E-state index in [1.54, 1.807) is 24.3 Å². The number of sulfonamides is 1. The Morgan fingerprint density at radius 3 is 2.30 bits per heavy atom. The van der Waals surface area contributed by atoms with Crippen molar-refractivity contribution in [3.8, 4) is 0 Å². The van der Waals surface area contributed by atoms with Crippen LogP contribution in [0.5, 0.6) is 0 Å². The first kappa shape index (κ1) is 22.2. The Bertz CT molecular complexity index is 1150. The molecule has 9 heteroatoms. The van der Waals surface area contributed by atoms with E-state index in [0.29, 0.717) is 15.6 Å². The third kappa shape index (κ3) is 5.79. The molecule has 3 rings (SSSR count). The van der Waals surface area contributed by atoms with Gasteiger partial charge in [0.1, 0.15) is 5.82 Å². The summed E-state index contributed by atoms with van der Waals surface area (Å²) in [5.41, 5.74) is 0.838. The van der Waals surface area contributed by atoms with Crippen LogP contribution >= 0.6 is 23.2 Å². The van der Waals surface area contributed by atoms with Crippen LogP contribution in [-0.2, 0) is 21.4 Å². The predicted octanol–water partition coefficient (Wildman–Crippen LogP) is 4.96. The van der Waals surface area contributed by atoms with Crippen molar-refractivity contribution in [3.63, 3.8) is 0 Å². The van der Waals surface area contributed by atoms with Crippen molar-refractivity contribution in [2.24, 2.45) is 0 Å². The highest BCUT2D eigenvalue weighted by Crippen LogP contribution is 2.22. The maximum absolute atomic E-state index is 13.4. The minimum atomic E-state index is -4.03. The second-order valence-corrected chi connectivity index (χ2v) is 9.23. The van der Waals surface area contributed by atoms with Gasteiger partial charge in [-0.25, -0.2) is 12.8 Å². The van der Waals surface area contributed by atoms with E-state index in [1.807, 2.05) is 0 Å². The number of rotatable bonds is 7. The number of nitrogens with one attached hydrogen (secondary N) is 1. The summed E-state index contributed by atoms with van der Waals surface area (Å²) < 4.78 is 40.8. The second kappa shape index (κ2) is 9.57. The molecule has 0 fully saturated rings. The molecule has 0 heterocycles. The van der Waals surface area contributed by atoms with Crippen LogP contribution in [0.25, 0.3) is 0 Å². The molecule has 0 bridgehead atoms. The van der Waals surface area contributed by atoms with Gasteiger partial charge in [0.15, 0.2) is 0 Å². The molecule has 0 aromatic heterocycles. The van der Waals surface area contributed by atoms with Crippen molar-refractivity contribution in [2.75, 3.05) is 11.9 Å². The monoisotopic (exact) mass is 466 g/mol. The Kier molecular flexibility index (Phi) is 7.10. The largest absolute Gasteiger partial charge is 0.325 e. The van der Waals surface area contributed by atoms with Crippen molar-refractivity contribution < 1.29 is 17.6 Å². The summed E-state index contributed by atoms with van der Waals surface area (Å²) in [6.07, 6.45) is 0. The molecule has 1 amide bonds. The zero-order chi connectivity index (χ0) is 21.7. The van der Waals surface area contributed by atoms with E-state index >= 15 is 0 Å². The highest BCUT2D eigenvalue weighted by Gasteiger charge is 2.27. The SMILES string of the molecule is O=C(CN(Cc1cccc(Cl)c1)S(=O)(=O)c1ccc(Cl)cc1)Nc1cccc(F)c1. The van der Waals surface area contributed by atoms with Gasteiger partial charge in [0.2, 0.25) is 15.9 Å². The molecule has 0 aliphatic heterocycles. The number of carbonyl (C=O) groups is 1. The molecule has 0 aliphatic rings. The smallest absolute Gasteiger partial charge is 0.243 e. The van der Waals surface area contributed by atoms with E-state index < -0.39 is 28.3 Å². The van der Waals surface area contributed by atoms with Gasteiger partial charge in [-0.15, -0.1) is 0 Å². The normalized spacial score (nSPS) is 11.5. The zero-order valence-corrected chi connectivity index (χ0v) is 17.9. The zero-order valence-electron chi connectivity index (χ0n) is 15.6. The molecular formula is C21H17Cl2FN2O3S. The topological polar surface area (TPSA) is 66.5 Å². The summed E-state index contributed by atoms with van der Waals surface area (Å²) in [5, 5.41) is 3.34. The van der Waals surface area contributed by atoms with E-state index in [1.165, 1.54) is 42.5 Å². The van der Waals surface area contributed by atoms with Gasteiger partial charge in [-0.1, -0.05) is 41.4 Å². The molecule has 0 aliphatic carbocycles. The predicted molar refractivity (Wildman–Crippen MR) is 116 cm³/mol. The summed E-state index contributed by atoms with van der Waals surface area (Å²) in [6, 6.07) is 17.7. The van der Waals surface area contributed by atoms with Crippen LogP contribution < -0.4 is 5.32 Å². The standard InChI is InChI=1S/C21H17Cl2FN2O3S/c22-16-7-9-20(10-8-16)30(28,29)26(13-15-3-1-4-17(23)11-15)14-21(27)25-19-6-2-5-18(24)12-19/h1-12H,13-14H2,(H,25,27). The Morgan fingerprint density at radius 2 is 1.63 bits per heavy atom. The number of halogens is 3. The fraction of sp³-hybridized carbons (Fsp3) is 0.0952. The molecule has 5 nitrogen and oxygen atoms in total. The van der Waals surface area contributed by atoms with Crippen molar-refractivity contribution in [2.45, 2.75) is 11.4 Å². The lowest BCUT2D eigenvalue weighted by Gasteiger charge is -2.22. The van der Waals surface area contributed by atoms with Gasteiger partial charge in [0.25, 0.3) is 0 Å². The summed E-state index contributed by atoms with van der Waals surface area (Å²) in [4.78, 5) is 12.5. The molecule has 1 N–H and O–H groups in total. The molecule has 0 radical (unpaired) electrons. The van der Waals surface area contributed by atoms with Crippen molar-refractivity contribution in [1.29, 1.82) is 0 Å². The third-order valence-corrected chi connectivity index (χ3v) is 6.42. The number of hydrogen-bond donors (Lipinski definition) is 1. The molecule has 0 saturated carbocycles. The Morgan fingerprint density at radius 1 is 0.933 bits per heavy atom. The van der Waals surface area contributed by atoms with Gasteiger partial charge in [-0.2, -0.15) is 4.31 Å². The molecule has 156 valence electrons. The molecular weight excluding hydrogens is 450 g/mol. The van der Waals surface area contributed by atoms with Crippen LogP contribution in [0, 0.1) is 5.82 Å². The summed E-state index contributed by atoms with van der Waals surface area (Å²) >= 11 is 11.9. The van der Waals surface area contributed by atoms with Gasteiger partial charge in [-0.3, -0.25) is 4.79 Å². The molecule has 0 spiro atoms. The Labute approximate surface area is 184 Å². The van der Waals surface area contributed by atoms with Crippen molar-refractivity contribution in [1.82, 2.24) is 4.31 Å². The van der Waals surface area contributed by atoms with Crippen LogP contribution in [-0.4, -0.2) is 25.2 Å². The van der Waals surface area contributed by atoms with Crippen LogP contribution in [0.3, 0.4) is 0 Å². The Hall–Kier alpha value is -2.45. The van der Waals surface area contributed by atoms with Gasteiger partial charge >= 0.3 is 0 Å². The first-order valence-electron chi connectivity index (χ1n) is 8.79. The van der Waals surface area contributed by atoms with Crippen molar-refractivity contribution >= 4 is 44.8 Å². The lowest BCUT2D eigenvalue weighted by atomic mass is 10.2. The highest BCUT2D eigenvalue weighted by molar-refractivity contribution is 7.89. The molecule has 3 aromatic rings. The number of hydrogen-bond acceptors (Lipinski definition) is 3. The highest BCUT2D eigenvalue weighted by atomic mass is 35.5. The van der Waals surface area contributed by atoms with Gasteiger partial charge < -0.3 is 5.32 Å². The quantitative estimate of drug-likeness (QED) is 0.534. The van der Waals surface area contributed by atoms with Gasteiger partial charge in [0.05, 0.1) is 11.4 Å².